The van der Waals surface area contributed by atoms with Crippen LogP contribution in [0.15, 0.2) is 24.3 Å². The molecule has 0 aliphatic rings. The average molecular weight is 184 g/mol. The lowest BCUT2D eigenvalue weighted by Crippen LogP contribution is -2.16. The van der Waals surface area contributed by atoms with Crippen LogP contribution in [0, 0.1) is 5.82 Å². The van der Waals surface area contributed by atoms with Crippen LogP contribution in [-0.2, 0) is 0 Å². The molecule has 2 nitrogen and oxygen atoms in total. The van der Waals surface area contributed by atoms with Gasteiger partial charge in [0.05, 0.1) is 6.10 Å². The molecular weight excluding hydrogens is 171 g/mol. The highest BCUT2D eigenvalue weighted by Gasteiger charge is 2.16. The zero-order chi connectivity index (χ0) is 9.84. The minimum absolute atomic E-state index is 0.403. The molecule has 0 aliphatic carbocycles. The fourth-order valence-corrected chi connectivity index (χ4v) is 1.14. The van der Waals surface area contributed by atoms with Gasteiger partial charge in [-0.15, -0.1) is 0 Å². The summed E-state index contributed by atoms with van der Waals surface area (Å²) in [5.74, 6) is -0.403. The van der Waals surface area contributed by atoms with Crippen LogP contribution < -0.4 is 0 Å². The van der Waals surface area contributed by atoms with E-state index >= 15 is 0 Å². The van der Waals surface area contributed by atoms with Crippen LogP contribution in [-0.4, -0.2) is 16.3 Å². The monoisotopic (exact) mass is 184 g/mol. The van der Waals surface area contributed by atoms with E-state index in [2.05, 4.69) is 0 Å². The van der Waals surface area contributed by atoms with Crippen LogP contribution in [0.5, 0.6) is 0 Å². The van der Waals surface area contributed by atoms with Gasteiger partial charge in [0.1, 0.15) is 11.9 Å². The van der Waals surface area contributed by atoms with Crippen LogP contribution in [0.4, 0.5) is 4.39 Å². The van der Waals surface area contributed by atoms with Gasteiger partial charge in [-0.2, -0.15) is 0 Å². The Morgan fingerprint density at radius 2 is 2.08 bits per heavy atom. The Hall–Kier alpha value is -0.930. The SMILES string of the molecule is CCC(O)[C@H](O)c1cccc(F)c1. The molecule has 0 heterocycles. The second-order valence-corrected chi connectivity index (χ2v) is 2.98. The maximum atomic E-state index is 12.7. The highest BCUT2D eigenvalue weighted by molar-refractivity contribution is 5.19. The van der Waals surface area contributed by atoms with E-state index in [1.54, 1.807) is 13.0 Å². The van der Waals surface area contributed by atoms with Gasteiger partial charge in [-0.05, 0) is 24.1 Å². The number of halogens is 1. The number of hydrogen-bond donors (Lipinski definition) is 2. The summed E-state index contributed by atoms with van der Waals surface area (Å²) < 4.78 is 12.7. The van der Waals surface area contributed by atoms with Crippen molar-refractivity contribution in [2.75, 3.05) is 0 Å². The predicted octanol–water partition coefficient (Wildman–Crippen LogP) is 1.63. The van der Waals surface area contributed by atoms with Crippen molar-refractivity contribution in [3.8, 4) is 0 Å². The summed E-state index contributed by atoms with van der Waals surface area (Å²) in [6.07, 6.45) is -1.39. The van der Waals surface area contributed by atoms with Crippen molar-refractivity contribution in [1.82, 2.24) is 0 Å². The van der Waals surface area contributed by atoms with Crippen molar-refractivity contribution >= 4 is 0 Å². The molecule has 0 saturated heterocycles. The summed E-state index contributed by atoms with van der Waals surface area (Å²) in [6.45, 7) is 1.76. The predicted molar refractivity (Wildman–Crippen MR) is 47.7 cm³/mol. The average Bonchev–Trinajstić information content (AvgIpc) is 2.15. The first kappa shape index (κ1) is 10.2. The molecule has 1 rings (SSSR count). The molecule has 2 N–H and O–H groups in total. The summed E-state index contributed by atoms with van der Waals surface area (Å²) in [5, 5.41) is 18.8. The molecule has 3 heteroatoms. The fraction of sp³-hybridized carbons (Fsp3) is 0.400. The Balaban J connectivity index is 2.82. The molecule has 13 heavy (non-hydrogen) atoms. The van der Waals surface area contributed by atoms with E-state index in [0.29, 0.717) is 12.0 Å². The van der Waals surface area contributed by atoms with Gasteiger partial charge in [-0.3, -0.25) is 0 Å². The standard InChI is InChI=1S/C10H13FO2/c1-2-9(12)10(13)7-4-3-5-8(11)6-7/h3-6,9-10,12-13H,2H2,1H3/t9?,10-/m1/s1. The van der Waals surface area contributed by atoms with Gasteiger partial charge < -0.3 is 10.2 Å². The Labute approximate surface area is 76.6 Å². The van der Waals surface area contributed by atoms with Crippen molar-refractivity contribution in [2.24, 2.45) is 0 Å². The normalized spacial score (nSPS) is 15.4. The first-order valence-electron chi connectivity index (χ1n) is 4.26. The molecule has 0 aromatic heterocycles. The number of aliphatic hydroxyl groups is 2. The molecule has 0 radical (unpaired) electrons. The molecule has 0 spiro atoms. The lowest BCUT2D eigenvalue weighted by atomic mass is 10.0. The summed E-state index contributed by atoms with van der Waals surface area (Å²) in [5.41, 5.74) is 0.411. The molecule has 72 valence electrons. The third-order valence-electron chi connectivity index (χ3n) is 1.97. The van der Waals surface area contributed by atoms with Gasteiger partial charge in [0, 0.05) is 0 Å². The fourth-order valence-electron chi connectivity index (χ4n) is 1.14. The van der Waals surface area contributed by atoms with Gasteiger partial charge in [-0.1, -0.05) is 19.1 Å². The van der Waals surface area contributed by atoms with Crippen molar-refractivity contribution in [1.29, 1.82) is 0 Å². The Bertz CT molecular complexity index is 275. The lowest BCUT2D eigenvalue weighted by molar-refractivity contribution is 0.0163. The Kier molecular flexibility index (Phi) is 3.39. The second-order valence-electron chi connectivity index (χ2n) is 2.98. The van der Waals surface area contributed by atoms with E-state index in [-0.39, 0.29) is 0 Å². The summed E-state index contributed by atoms with van der Waals surface area (Å²) in [7, 11) is 0. The molecule has 0 fully saturated rings. The van der Waals surface area contributed by atoms with Gasteiger partial charge in [0.2, 0.25) is 0 Å². The zero-order valence-corrected chi connectivity index (χ0v) is 7.44. The molecule has 0 saturated carbocycles. The molecule has 0 bridgehead atoms. The third-order valence-corrected chi connectivity index (χ3v) is 1.97. The molecule has 1 aromatic carbocycles. The number of aliphatic hydroxyl groups excluding tert-OH is 2. The van der Waals surface area contributed by atoms with Crippen LogP contribution in [0.2, 0.25) is 0 Å². The number of hydrogen-bond acceptors (Lipinski definition) is 2. The first-order valence-corrected chi connectivity index (χ1v) is 4.26. The van der Waals surface area contributed by atoms with Crippen LogP contribution >= 0.6 is 0 Å². The maximum Gasteiger partial charge on any atom is 0.123 e. The Morgan fingerprint density at radius 3 is 2.62 bits per heavy atom. The van der Waals surface area contributed by atoms with Crippen molar-refractivity contribution in [3.63, 3.8) is 0 Å². The number of benzene rings is 1. The van der Waals surface area contributed by atoms with Crippen molar-refractivity contribution in [2.45, 2.75) is 25.6 Å². The van der Waals surface area contributed by atoms with E-state index in [0.717, 1.165) is 0 Å². The summed E-state index contributed by atoms with van der Waals surface area (Å²) in [4.78, 5) is 0. The molecular formula is C10H13FO2. The minimum atomic E-state index is -0.999. The number of rotatable bonds is 3. The molecule has 2 atom stereocenters. The largest absolute Gasteiger partial charge is 0.390 e. The van der Waals surface area contributed by atoms with E-state index in [1.807, 2.05) is 0 Å². The topological polar surface area (TPSA) is 40.5 Å². The highest BCUT2D eigenvalue weighted by Crippen LogP contribution is 2.19. The van der Waals surface area contributed by atoms with Crippen molar-refractivity contribution < 1.29 is 14.6 Å². The molecule has 1 aromatic rings. The Morgan fingerprint density at radius 1 is 1.38 bits per heavy atom. The summed E-state index contributed by atoms with van der Waals surface area (Å²) >= 11 is 0. The van der Waals surface area contributed by atoms with Crippen LogP contribution in [0.25, 0.3) is 0 Å². The third kappa shape index (κ3) is 2.50. The zero-order valence-electron chi connectivity index (χ0n) is 7.44. The van der Waals surface area contributed by atoms with E-state index in [9.17, 15) is 14.6 Å². The first-order chi connectivity index (χ1) is 6.15. The van der Waals surface area contributed by atoms with E-state index in [4.69, 9.17) is 0 Å². The van der Waals surface area contributed by atoms with Gasteiger partial charge in [0.15, 0.2) is 0 Å². The van der Waals surface area contributed by atoms with Gasteiger partial charge in [-0.25, -0.2) is 4.39 Å². The van der Waals surface area contributed by atoms with Gasteiger partial charge >= 0.3 is 0 Å². The molecule has 0 amide bonds. The van der Waals surface area contributed by atoms with Crippen LogP contribution in [0.3, 0.4) is 0 Å². The van der Waals surface area contributed by atoms with E-state index in [1.165, 1.54) is 18.2 Å². The van der Waals surface area contributed by atoms with Gasteiger partial charge in [0.25, 0.3) is 0 Å². The minimum Gasteiger partial charge on any atom is -0.390 e. The van der Waals surface area contributed by atoms with E-state index < -0.39 is 18.0 Å². The summed E-state index contributed by atoms with van der Waals surface area (Å²) in [6, 6.07) is 5.63. The second kappa shape index (κ2) is 4.35. The smallest absolute Gasteiger partial charge is 0.123 e. The van der Waals surface area contributed by atoms with Crippen molar-refractivity contribution in [3.05, 3.63) is 35.6 Å². The van der Waals surface area contributed by atoms with Crippen LogP contribution in [0.1, 0.15) is 25.0 Å². The maximum absolute atomic E-state index is 12.7. The molecule has 1 unspecified atom stereocenters. The lowest BCUT2D eigenvalue weighted by Gasteiger charge is -2.16. The highest BCUT2D eigenvalue weighted by atomic mass is 19.1. The quantitative estimate of drug-likeness (QED) is 0.749. The molecule has 0 aliphatic heterocycles.